The van der Waals surface area contributed by atoms with Crippen molar-refractivity contribution in [1.29, 1.82) is 0 Å². The van der Waals surface area contributed by atoms with Gasteiger partial charge in [0.25, 0.3) is 0 Å². The minimum atomic E-state index is -0.0372. The van der Waals surface area contributed by atoms with Gasteiger partial charge in [0, 0.05) is 32.5 Å². The van der Waals surface area contributed by atoms with Crippen LogP contribution in [0.4, 0.5) is 0 Å². The van der Waals surface area contributed by atoms with Crippen LogP contribution < -0.4 is 0 Å². The zero-order valence-corrected chi connectivity index (χ0v) is 26.2. The third kappa shape index (κ3) is 3.71. The SMILES string of the molecule is CC1(C)c2ccccc2-c2ccc(-c3cccc(-c4cccc5c4oc4nc(-n6c7ccccc7c7ccccc76)ccc45)c3)cc21. The minimum Gasteiger partial charge on any atom is -0.437 e. The fraction of sp³-hybridized carbons (Fsp3) is 0.0682. The first-order chi connectivity index (χ1) is 23.1. The van der Waals surface area contributed by atoms with Crippen LogP contribution in [0.25, 0.3) is 83.1 Å². The normalized spacial score (nSPS) is 13.5. The van der Waals surface area contributed by atoms with Gasteiger partial charge in [0.1, 0.15) is 11.4 Å². The number of benzene rings is 6. The number of hydrogen-bond acceptors (Lipinski definition) is 2. The molecule has 0 radical (unpaired) electrons. The van der Waals surface area contributed by atoms with Crippen molar-refractivity contribution in [3.63, 3.8) is 0 Å². The first kappa shape index (κ1) is 26.3. The smallest absolute Gasteiger partial charge is 0.229 e. The molecule has 3 heteroatoms. The van der Waals surface area contributed by atoms with E-state index < -0.39 is 0 Å². The van der Waals surface area contributed by atoms with Crippen LogP contribution in [0, 0.1) is 0 Å². The van der Waals surface area contributed by atoms with Crippen LogP contribution >= 0.6 is 0 Å². The number of para-hydroxylation sites is 3. The molecule has 0 bridgehead atoms. The van der Waals surface area contributed by atoms with Crippen LogP contribution in [-0.4, -0.2) is 9.55 Å². The highest BCUT2D eigenvalue weighted by molar-refractivity contribution is 6.11. The van der Waals surface area contributed by atoms with Crippen molar-refractivity contribution in [1.82, 2.24) is 9.55 Å². The van der Waals surface area contributed by atoms with Crippen LogP contribution in [0.2, 0.25) is 0 Å². The highest BCUT2D eigenvalue weighted by Crippen LogP contribution is 2.49. The summed E-state index contributed by atoms with van der Waals surface area (Å²) < 4.78 is 8.88. The average Bonchev–Trinajstić information content (AvgIpc) is 3.74. The Hall–Kier alpha value is -5.93. The Bertz CT molecular complexity index is 2670. The van der Waals surface area contributed by atoms with Crippen LogP contribution in [0.3, 0.4) is 0 Å². The van der Waals surface area contributed by atoms with E-state index in [1.165, 1.54) is 44.2 Å². The van der Waals surface area contributed by atoms with E-state index in [1.54, 1.807) is 0 Å². The fourth-order valence-corrected chi connectivity index (χ4v) is 7.94. The predicted molar refractivity (Wildman–Crippen MR) is 194 cm³/mol. The van der Waals surface area contributed by atoms with Crippen LogP contribution in [0.5, 0.6) is 0 Å². The first-order valence-corrected chi connectivity index (χ1v) is 16.2. The van der Waals surface area contributed by atoms with Gasteiger partial charge in [-0.2, -0.15) is 4.98 Å². The van der Waals surface area contributed by atoms with Gasteiger partial charge in [-0.15, -0.1) is 0 Å². The Morgan fingerprint density at radius 1 is 0.489 bits per heavy atom. The van der Waals surface area contributed by atoms with Gasteiger partial charge in [-0.25, -0.2) is 0 Å². The van der Waals surface area contributed by atoms with E-state index in [0.717, 1.165) is 44.3 Å². The number of pyridine rings is 1. The zero-order valence-electron chi connectivity index (χ0n) is 26.2. The molecule has 3 aromatic heterocycles. The molecule has 0 N–H and O–H groups in total. The maximum absolute atomic E-state index is 6.65. The molecule has 0 saturated heterocycles. The lowest BCUT2D eigenvalue weighted by Crippen LogP contribution is -2.14. The quantitative estimate of drug-likeness (QED) is 0.201. The van der Waals surface area contributed by atoms with Crippen molar-refractivity contribution in [3.05, 3.63) is 157 Å². The standard InChI is InChI=1S/C44H30N2O/c1-44(2)37-18-6-3-13-31(37)32-22-21-28(26-38(32)44)27-11-9-12-29(25-27)30-16-10-17-35-36-23-24-41(45-43(36)47-42(30)35)46-39-19-7-4-14-33(39)34-15-5-8-20-40(34)46/h3-26H,1-2H3. The largest absolute Gasteiger partial charge is 0.437 e. The van der Waals surface area contributed by atoms with Gasteiger partial charge >= 0.3 is 0 Å². The van der Waals surface area contributed by atoms with Gasteiger partial charge in [-0.05, 0) is 75.3 Å². The molecule has 47 heavy (non-hydrogen) atoms. The Labute approximate surface area is 272 Å². The molecule has 0 fully saturated rings. The summed E-state index contributed by atoms with van der Waals surface area (Å²) in [4.78, 5) is 5.12. The summed E-state index contributed by atoms with van der Waals surface area (Å²) in [6.45, 7) is 4.67. The summed E-state index contributed by atoms with van der Waals surface area (Å²) in [5.74, 6) is 0.846. The Kier molecular flexibility index (Phi) is 5.34. The summed E-state index contributed by atoms with van der Waals surface area (Å²) in [7, 11) is 0. The number of nitrogens with zero attached hydrogens (tertiary/aromatic N) is 2. The molecule has 10 rings (SSSR count). The molecule has 0 aliphatic heterocycles. The van der Waals surface area contributed by atoms with E-state index in [1.807, 2.05) is 0 Å². The Morgan fingerprint density at radius 2 is 1.13 bits per heavy atom. The lowest BCUT2D eigenvalue weighted by molar-refractivity contribution is 0.654. The molecule has 3 nitrogen and oxygen atoms in total. The number of fused-ring (bicyclic) bond motifs is 9. The van der Waals surface area contributed by atoms with Gasteiger partial charge in [-0.3, -0.25) is 4.57 Å². The molecule has 0 saturated carbocycles. The molecule has 1 aliphatic carbocycles. The maximum atomic E-state index is 6.65. The average molecular weight is 603 g/mol. The second-order valence-electron chi connectivity index (χ2n) is 13.2. The number of hydrogen-bond donors (Lipinski definition) is 0. The molecule has 0 spiro atoms. The maximum Gasteiger partial charge on any atom is 0.229 e. The van der Waals surface area contributed by atoms with Gasteiger partial charge < -0.3 is 4.42 Å². The van der Waals surface area contributed by atoms with E-state index >= 15 is 0 Å². The summed E-state index contributed by atoms with van der Waals surface area (Å²) in [6, 6.07) is 52.3. The number of furan rings is 1. The Balaban J connectivity index is 1.09. The highest BCUT2D eigenvalue weighted by Gasteiger charge is 2.35. The predicted octanol–water partition coefficient (Wildman–Crippen LogP) is 11.7. The van der Waals surface area contributed by atoms with E-state index in [0.29, 0.717) is 5.71 Å². The van der Waals surface area contributed by atoms with Gasteiger partial charge in [0.05, 0.1) is 11.0 Å². The van der Waals surface area contributed by atoms with E-state index in [4.69, 9.17) is 9.40 Å². The van der Waals surface area contributed by atoms with Gasteiger partial charge in [-0.1, -0.05) is 123 Å². The van der Waals surface area contributed by atoms with Crippen molar-refractivity contribution in [2.24, 2.45) is 0 Å². The molecule has 6 aromatic carbocycles. The Morgan fingerprint density at radius 3 is 1.96 bits per heavy atom. The van der Waals surface area contributed by atoms with Crippen LogP contribution in [0.1, 0.15) is 25.0 Å². The van der Waals surface area contributed by atoms with Gasteiger partial charge in [0.2, 0.25) is 5.71 Å². The number of rotatable bonds is 3. The molecular formula is C44H30N2O. The van der Waals surface area contributed by atoms with Crippen LogP contribution in [-0.2, 0) is 5.41 Å². The third-order valence-electron chi connectivity index (χ3n) is 10.2. The number of aromatic nitrogens is 2. The fourth-order valence-electron chi connectivity index (χ4n) is 7.94. The summed E-state index contributed by atoms with van der Waals surface area (Å²) in [5, 5.41) is 4.52. The van der Waals surface area contributed by atoms with E-state index in [9.17, 15) is 0 Å². The lowest BCUT2D eigenvalue weighted by atomic mass is 9.81. The molecule has 3 heterocycles. The minimum absolute atomic E-state index is 0.0372. The molecule has 9 aromatic rings. The highest BCUT2D eigenvalue weighted by atomic mass is 16.3. The van der Waals surface area contributed by atoms with E-state index in [2.05, 4.69) is 164 Å². The van der Waals surface area contributed by atoms with Crippen molar-refractivity contribution in [3.8, 4) is 39.2 Å². The first-order valence-electron chi connectivity index (χ1n) is 16.2. The van der Waals surface area contributed by atoms with E-state index in [-0.39, 0.29) is 5.41 Å². The van der Waals surface area contributed by atoms with Crippen molar-refractivity contribution >= 4 is 43.9 Å². The summed E-state index contributed by atoms with van der Waals surface area (Å²) in [5.41, 5.74) is 13.8. The second-order valence-corrected chi connectivity index (χ2v) is 13.2. The molecule has 0 atom stereocenters. The lowest BCUT2D eigenvalue weighted by Gasteiger charge is -2.22. The topological polar surface area (TPSA) is 31.0 Å². The second kappa shape index (κ2) is 9.54. The zero-order chi connectivity index (χ0) is 31.3. The molecular weight excluding hydrogens is 572 g/mol. The van der Waals surface area contributed by atoms with Crippen molar-refractivity contribution < 1.29 is 4.42 Å². The molecule has 1 aliphatic rings. The van der Waals surface area contributed by atoms with Gasteiger partial charge in [0.15, 0.2) is 0 Å². The third-order valence-corrected chi connectivity index (χ3v) is 10.2. The monoisotopic (exact) mass is 602 g/mol. The summed E-state index contributed by atoms with van der Waals surface area (Å²) >= 11 is 0. The molecule has 0 amide bonds. The van der Waals surface area contributed by atoms with Crippen molar-refractivity contribution in [2.75, 3.05) is 0 Å². The van der Waals surface area contributed by atoms with Crippen LogP contribution in [0.15, 0.2) is 150 Å². The van der Waals surface area contributed by atoms with Crippen molar-refractivity contribution in [2.45, 2.75) is 19.3 Å². The summed E-state index contributed by atoms with van der Waals surface area (Å²) in [6.07, 6.45) is 0. The molecule has 0 unspecified atom stereocenters. The molecule has 222 valence electrons.